The van der Waals surface area contributed by atoms with E-state index in [-0.39, 0.29) is 6.04 Å². The molecule has 19 heavy (non-hydrogen) atoms. The second-order valence-corrected chi connectivity index (χ2v) is 6.46. The average molecular weight is 257 g/mol. The normalized spacial score (nSPS) is 30.8. The Morgan fingerprint density at radius 2 is 1.79 bits per heavy atom. The summed E-state index contributed by atoms with van der Waals surface area (Å²) in [4.78, 5) is 0. The molecule has 0 heterocycles. The number of aryl methyl sites for hydroxylation is 2. The Morgan fingerprint density at radius 1 is 1.11 bits per heavy atom. The zero-order valence-corrected chi connectivity index (χ0v) is 12.4. The van der Waals surface area contributed by atoms with Gasteiger partial charge in [-0.15, -0.1) is 0 Å². The third kappa shape index (κ3) is 2.33. The van der Waals surface area contributed by atoms with Crippen LogP contribution in [-0.2, 0) is 12.8 Å². The molecule has 3 atom stereocenters. The maximum atomic E-state index is 6.66. The maximum Gasteiger partial charge on any atom is 0.0331 e. The van der Waals surface area contributed by atoms with Gasteiger partial charge >= 0.3 is 0 Å². The van der Waals surface area contributed by atoms with Crippen LogP contribution in [0.1, 0.15) is 62.3 Å². The highest BCUT2D eigenvalue weighted by Crippen LogP contribution is 2.59. The van der Waals surface area contributed by atoms with E-state index in [9.17, 15) is 0 Å². The van der Waals surface area contributed by atoms with E-state index in [1.165, 1.54) is 42.4 Å². The van der Waals surface area contributed by atoms with Gasteiger partial charge < -0.3 is 5.73 Å². The summed E-state index contributed by atoms with van der Waals surface area (Å²) in [7, 11) is 0. The highest BCUT2D eigenvalue weighted by atomic mass is 14.7. The molecule has 2 saturated carbocycles. The average Bonchev–Trinajstić information content (AvgIpc) is 3.20. The summed E-state index contributed by atoms with van der Waals surface area (Å²) in [6, 6.07) is 7.25. The summed E-state index contributed by atoms with van der Waals surface area (Å²) in [6.45, 7) is 4.48. The van der Waals surface area contributed by atoms with Crippen molar-refractivity contribution in [2.45, 2.75) is 58.4 Å². The summed E-state index contributed by atoms with van der Waals surface area (Å²) in [5.74, 6) is 2.66. The molecule has 1 aromatic rings. The van der Waals surface area contributed by atoms with Crippen molar-refractivity contribution in [3.63, 3.8) is 0 Å². The van der Waals surface area contributed by atoms with Crippen LogP contribution in [0.2, 0.25) is 0 Å². The fourth-order valence-corrected chi connectivity index (χ4v) is 4.28. The van der Waals surface area contributed by atoms with Crippen LogP contribution in [0.3, 0.4) is 0 Å². The molecule has 2 aliphatic rings. The lowest BCUT2D eigenvalue weighted by molar-refractivity contribution is 0.480. The molecule has 2 aliphatic carbocycles. The summed E-state index contributed by atoms with van der Waals surface area (Å²) >= 11 is 0. The van der Waals surface area contributed by atoms with Crippen molar-refractivity contribution in [2.24, 2.45) is 23.5 Å². The zero-order valence-electron chi connectivity index (χ0n) is 12.4. The van der Waals surface area contributed by atoms with Crippen LogP contribution in [-0.4, -0.2) is 0 Å². The quantitative estimate of drug-likeness (QED) is 0.857. The minimum Gasteiger partial charge on any atom is -0.324 e. The highest BCUT2D eigenvalue weighted by Gasteiger charge is 2.53. The van der Waals surface area contributed by atoms with Crippen molar-refractivity contribution in [3.8, 4) is 0 Å². The first-order valence-electron chi connectivity index (χ1n) is 8.13. The van der Waals surface area contributed by atoms with Crippen LogP contribution < -0.4 is 5.73 Å². The second-order valence-electron chi connectivity index (χ2n) is 6.46. The molecule has 0 saturated heterocycles. The molecule has 1 nitrogen and oxygen atoms in total. The number of hydrogen-bond donors (Lipinski definition) is 1. The summed E-state index contributed by atoms with van der Waals surface area (Å²) in [5, 5.41) is 0. The van der Waals surface area contributed by atoms with Gasteiger partial charge in [0.1, 0.15) is 0 Å². The van der Waals surface area contributed by atoms with Crippen molar-refractivity contribution in [2.75, 3.05) is 0 Å². The van der Waals surface area contributed by atoms with Crippen molar-refractivity contribution in [3.05, 3.63) is 34.9 Å². The predicted octanol–water partition coefficient (Wildman–Crippen LogP) is 4.25. The largest absolute Gasteiger partial charge is 0.324 e. The lowest BCUT2D eigenvalue weighted by Gasteiger charge is -2.17. The van der Waals surface area contributed by atoms with Crippen molar-refractivity contribution < 1.29 is 0 Å². The van der Waals surface area contributed by atoms with Gasteiger partial charge in [0.25, 0.3) is 0 Å². The van der Waals surface area contributed by atoms with E-state index in [4.69, 9.17) is 5.73 Å². The van der Waals surface area contributed by atoms with Crippen LogP contribution in [0.5, 0.6) is 0 Å². The molecule has 0 radical (unpaired) electrons. The molecular weight excluding hydrogens is 230 g/mol. The molecule has 0 bridgehead atoms. The smallest absolute Gasteiger partial charge is 0.0331 e. The van der Waals surface area contributed by atoms with Gasteiger partial charge in [0.05, 0.1) is 0 Å². The molecule has 0 amide bonds. The third-order valence-corrected chi connectivity index (χ3v) is 5.50. The number of benzene rings is 1. The summed E-state index contributed by atoms with van der Waals surface area (Å²) in [6.07, 6.45) is 7.94. The second kappa shape index (κ2) is 5.28. The van der Waals surface area contributed by atoms with Crippen LogP contribution in [0.15, 0.2) is 18.2 Å². The van der Waals surface area contributed by atoms with Crippen LogP contribution >= 0.6 is 0 Å². The molecule has 2 N–H and O–H groups in total. The van der Waals surface area contributed by atoms with E-state index in [0.29, 0.717) is 0 Å². The molecule has 0 aromatic heterocycles. The molecule has 104 valence electrons. The Balaban J connectivity index is 1.84. The SMILES string of the molecule is CCc1ccc(CC)c(C(N)C2C3CCCCC32)c1. The van der Waals surface area contributed by atoms with Crippen molar-refractivity contribution >= 4 is 0 Å². The first-order chi connectivity index (χ1) is 9.26. The predicted molar refractivity (Wildman–Crippen MR) is 81.1 cm³/mol. The molecule has 1 heteroatoms. The maximum absolute atomic E-state index is 6.66. The Morgan fingerprint density at radius 3 is 2.37 bits per heavy atom. The van der Waals surface area contributed by atoms with E-state index in [0.717, 1.165) is 30.6 Å². The van der Waals surface area contributed by atoms with Crippen LogP contribution in [0.4, 0.5) is 0 Å². The van der Waals surface area contributed by atoms with Crippen molar-refractivity contribution in [1.29, 1.82) is 0 Å². The Labute approximate surface area is 117 Å². The minimum atomic E-state index is 0.287. The Bertz CT molecular complexity index is 439. The van der Waals surface area contributed by atoms with Gasteiger partial charge in [0.2, 0.25) is 0 Å². The molecule has 3 rings (SSSR count). The van der Waals surface area contributed by atoms with Gasteiger partial charge in [0.15, 0.2) is 0 Å². The first-order valence-corrected chi connectivity index (χ1v) is 8.13. The van der Waals surface area contributed by atoms with E-state index in [2.05, 4.69) is 32.0 Å². The lowest BCUT2D eigenvalue weighted by atomic mass is 9.92. The van der Waals surface area contributed by atoms with E-state index in [1.54, 1.807) is 0 Å². The number of nitrogens with two attached hydrogens (primary N) is 1. The third-order valence-electron chi connectivity index (χ3n) is 5.50. The van der Waals surface area contributed by atoms with Gasteiger partial charge in [-0.05, 0) is 60.1 Å². The van der Waals surface area contributed by atoms with E-state index >= 15 is 0 Å². The van der Waals surface area contributed by atoms with Gasteiger partial charge in [-0.1, -0.05) is 44.9 Å². The zero-order chi connectivity index (χ0) is 13.4. The summed E-state index contributed by atoms with van der Waals surface area (Å²) < 4.78 is 0. The minimum absolute atomic E-state index is 0.287. The topological polar surface area (TPSA) is 26.0 Å². The van der Waals surface area contributed by atoms with Gasteiger partial charge in [0, 0.05) is 6.04 Å². The van der Waals surface area contributed by atoms with Gasteiger partial charge in [-0.3, -0.25) is 0 Å². The van der Waals surface area contributed by atoms with Crippen molar-refractivity contribution in [1.82, 2.24) is 0 Å². The van der Waals surface area contributed by atoms with Crippen LogP contribution in [0, 0.1) is 17.8 Å². The monoisotopic (exact) mass is 257 g/mol. The Hall–Kier alpha value is -0.820. The van der Waals surface area contributed by atoms with E-state index < -0.39 is 0 Å². The molecule has 0 spiro atoms. The number of rotatable bonds is 4. The summed E-state index contributed by atoms with van der Waals surface area (Å²) in [5.41, 5.74) is 11.0. The molecule has 1 aromatic carbocycles. The molecule has 3 unspecified atom stereocenters. The fraction of sp³-hybridized carbons (Fsp3) is 0.667. The Kier molecular flexibility index (Phi) is 3.66. The van der Waals surface area contributed by atoms with Gasteiger partial charge in [-0.2, -0.15) is 0 Å². The van der Waals surface area contributed by atoms with Gasteiger partial charge in [-0.25, -0.2) is 0 Å². The first kappa shape index (κ1) is 13.2. The molecular formula is C18H27N. The van der Waals surface area contributed by atoms with E-state index in [1.807, 2.05) is 0 Å². The lowest BCUT2D eigenvalue weighted by Crippen LogP contribution is -2.16. The highest BCUT2D eigenvalue weighted by molar-refractivity contribution is 5.36. The number of fused-ring (bicyclic) bond motifs is 1. The fourth-order valence-electron chi connectivity index (χ4n) is 4.28. The molecule has 0 aliphatic heterocycles. The van der Waals surface area contributed by atoms with Crippen LogP contribution in [0.25, 0.3) is 0 Å². The molecule has 2 fully saturated rings. The number of hydrogen-bond acceptors (Lipinski definition) is 1. The standard InChI is InChI=1S/C18H27N/c1-3-12-9-10-13(4-2)16(11-12)18(19)17-14-7-5-6-8-15(14)17/h9-11,14-15,17-18H,3-8,19H2,1-2H3.